The highest BCUT2D eigenvalue weighted by Gasteiger charge is 2.05. The van der Waals surface area contributed by atoms with E-state index in [2.05, 4.69) is 19.9 Å². The summed E-state index contributed by atoms with van der Waals surface area (Å²) in [6.45, 7) is 6.25. The van der Waals surface area contributed by atoms with Gasteiger partial charge in [-0.25, -0.2) is 0 Å². The van der Waals surface area contributed by atoms with Gasteiger partial charge in [-0.05, 0) is 30.0 Å². The average Bonchev–Trinajstić information content (AvgIpc) is 1.96. The molecular formula is C10H16N2. The van der Waals surface area contributed by atoms with Crippen LogP contribution in [-0.2, 0) is 0 Å². The van der Waals surface area contributed by atoms with Crippen LogP contribution in [0.2, 0.25) is 0 Å². The fraction of sp³-hybridized carbons (Fsp3) is 0.400. The first kappa shape index (κ1) is 8.91. The summed E-state index contributed by atoms with van der Waals surface area (Å²) in [5, 5.41) is 0. The summed E-state index contributed by atoms with van der Waals surface area (Å²) < 4.78 is 0. The molecule has 0 saturated heterocycles. The number of anilines is 2. The average molecular weight is 164 g/mol. The molecule has 2 nitrogen and oxygen atoms in total. The summed E-state index contributed by atoms with van der Waals surface area (Å²) in [4.78, 5) is 0. The van der Waals surface area contributed by atoms with Gasteiger partial charge in [0, 0.05) is 11.4 Å². The van der Waals surface area contributed by atoms with Crippen LogP contribution in [-0.4, -0.2) is 0 Å². The van der Waals surface area contributed by atoms with Crippen molar-refractivity contribution in [2.45, 2.75) is 26.7 Å². The lowest BCUT2D eigenvalue weighted by Gasteiger charge is -2.11. The summed E-state index contributed by atoms with van der Waals surface area (Å²) in [6, 6.07) is 3.90. The SMILES string of the molecule is Cc1cc(C(C)C)c(N)cc1N. The summed E-state index contributed by atoms with van der Waals surface area (Å²) in [5.41, 5.74) is 15.4. The molecule has 0 radical (unpaired) electrons. The molecular weight excluding hydrogens is 148 g/mol. The van der Waals surface area contributed by atoms with Crippen LogP contribution in [0.1, 0.15) is 30.9 Å². The Morgan fingerprint density at radius 2 is 1.67 bits per heavy atom. The van der Waals surface area contributed by atoms with Crippen LogP contribution >= 0.6 is 0 Å². The Morgan fingerprint density at radius 1 is 1.08 bits per heavy atom. The van der Waals surface area contributed by atoms with Gasteiger partial charge in [-0.15, -0.1) is 0 Å². The van der Waals surface area contributed by atoms with Gasteiger partial charge in [0.05, 0.1) is 0 Å². The van der Waals surface area contributed by atoms with Crippen molar-refractivity contribution in [1.82, 2.24) is 0 Å². The smallest absolute Gasteiger partial charge is 0.0370 e. The normalized spacial score (nSPS) is 10.7. The fourth-order valence-corrected chi connectivity index (χ4v) is 1.26. The van der Waals surface area contributed by atoms with E-state index in [4.69, 9.17) is 11.5 Å². The molecule has 4 N–H and O–H groups in total. The maximum Gasteiger partial charge on any atom is 0.0370 e. The number of aryl methyl sites for hydroxylation is 1. The Bertz CT molecular complexity index is 290. The van der Waals surface area contributed by atoms with Crippen molar-refractivity contribution in [3.8, 4) is 0 Å². The molecule has 0 amide bonds. The van der Waals surface area contributed by atoms with Crippen molar-refractivity contribution in [3.63, 3.8) is 0 Å². The molecule has 0 fully saturated rings. The van der Waals surface area contributed by atoms with Crippen LogP contribution in [0, 0.1) is 6.92 Å². The Balaban J connectivity index is 3.23. The number of benzene rings is 1. The van der Waals surface area contributed by atoms with E-state index < -0.39 is 0 Å². The molecule has 0 aromatic heterocycles. The van der Waals surface area contributed by atoms with Crippen LogP contribution in [0.4, 0.5) is 11.4 Å². The molecule has 0 spiro atoms. The van der Waals surface area contributed by atoms with Gasteiger partial charge in [0.15, 0.2) is 0 Å². The van der Waals surface area contributed by atoms with Crippen LogP contribution < -0.4 is 11.5 Å². The van der Waals surface area contributed by atoms with Gasteiger partial charge in [-0.1, -0.05) is 19.9 Å². The third-order valence-corrected chi connectivity index (χ3v) is 2.09. The van der Waals surface area contributed by atoms with Gasteiger partial charge >= 0.3 is 0 Å². The topological polar surface area (TPSA) is 52.0 Å². The van der Waals surface area contributed by atoms with Gasteiger partial charge in [-0.3, -0.25) is 0 Å². The van der Waals surface area contributed by atoms with Crippen molar-refractivity contribution < 1.29 is 0 Å². The third kappa shape index (κ3) is 1.52. The number of rotatable bonds is 1. The Hall–Kier alpha value is -1.18. The van der Waals surface area contributed by atoms with Gasteiger partial charge in [-0.2, -0.15) is 0 Å². The van der Waals surface area contributed by atoms with Crippen molar-refractivity contribution in [2.24, 2.45) is 0 Å². The van der Waals surface area contributed by atoms with E-state index in [1.54, 1.807) is 0 Å². The molecule has 0 saturated carbocycles. The van der Waals surface area contributed by atoms with Gasteiger partial charge in [0.25, 0.3) is 0 Å². The van der Waals surface area contributed by atoms with Crippen LogP contribution in [0.5, 0.6) is 0 Å². The molecule has 0 bridgehead atoms. The van der Waals surface area contributed by atoms with E-state index in [0.717, 1.165) is 16.9 Å². The molecule has 2 heteroatoms. The monoisotopic (exact) mass is 164 g/mol. The van der Waals surface area contributed by atoms with E-state index in [1.165, 1.54) is 5.56 Å². The van der Waals surface area contributed by atoms with Gasteiger partial charge in [0.2, 0.25) is 0 Å². The van der Waals surface area contributed by atoms with Gasteiger partial charge < -0.3 is 11.5 Å². The highest BCUT2D eigenvalue weighted by Crippen LogP contribution is 2.26. The highest BCUT2D eigenvalue weighted by molar-refractivity contribution is 5.61. The first-order valence-electron chi connectivity index (χ1n) is 4.18. The molecule has 12 heavy (non-hydrogen) atoms. The Labute approximate surface area is 73.6 Å². The molecule has 0 aliphatic rings. The predicted octanol–water partition coefficient (Wildman–Crippen LogP) is 2.28. The molecule has 0 aliphatic heterocycles. The van der Waals surface area contributed by atoms with Crippen molar-refractivity contribution in [1.29, 1.82) is 0 Å². The molecule has 0 heterocycles. The van der Waals surface area contributed by atoms with E-state index in [1.807, 2.05) is 13.0 Å². The molecule has 0 unspecified atom stereocenters. The lowest BCUT2D eigenvalue weighted by atomic mass is 9.98. The number of nitrogen functional groups attached to an aromatic ring is 2. The maximum atomic E-state index is 5.81. The van der Waals surface area contributed by atoms with E-state index >= 15 is 0 Å². The highest BCUT2D eigenvalue weighted by atomic mass is 14.6. The van der Waals surface area contributed by atoms with E-state index in [9.17, 15) is 0 Å². The zero-order chi connectivity index (χ0) is 9.30. The van der Waals surface area contributed by atoms with Crippen LogP contribution in [0.15, 0.2) is 12.1 Å². The minimum Gasteiger partial charge on any atom is -0.398 e. The Kier molecular flexibility index (Phi) is 2.27. The summed E-state index contributed by atoms with van der Waals surface area (Å²) in [6.07, 6.45) is 0. The second kappa shape index (κ2) is 3.05. The summed E-state index contributed by atoms with van der Waals surface area (Å²) in [5.74, 6) is 0.462. The lowest BCUT2D eigenvalue weighted by molar-refractivity contribution is 0.868. The number of hydrogen-bond acceptors (Lipinski definition) is 2. The zero-order valence-corrected chi connectivity index (χ0v) is 7.89. The predicted molar refractivity (Wildman–Crippen MR) is 54.1 cm³/mol. The minimum absolute atomic E-state index is 0.462. The number of nitrogens with two attached hydrogens (primary N) is 2. The first-order chi connectivity index (χ1) is 5.52. The Morgan fingerprint density at radius 3 is 2.17 bits per heavy atom. The largest absolute Gasteiger partial charge is 0.398 e. The van der Waals surface area contributed by atoms with Crippen molar-refractivity contribution in [2.75, 3.05) is 11.5 Å². The first-order valence-corrected chi connectivity index (χ1v) is 4.18. The lowest BCUT2D eigenvalue weighted by Crippen LogP contribution is -2.00. The van der Waals surface area contributed by atoms with E-state index in [-0.39, 0.29) is 0 Å². The second-order valence-corrected chi connectivity index (χ2v) is 3.49. The van der Waals surface area contributed by atoms with E-state index in [0.29, 0.717) is 5.92 Å². The molecule has 0 aliphatic carbocycles. The molecule has 66 valence electrons. The molecule has 1 aromatic rings. The minimum atomic E-state index is 0.462. The number of hydrogen-bond donors (Lipinski definition) is 2. The summed E-state index contributed by atoms with van der Waals surface area (Å²) in [7, 11) is 0. The fourth-order valence-electron chi connectivity index (χ4n) is 1.26. The van der Waals surface area contributed by atoms with Crippen LogP contribution in [0.3, 0.4) is 0 Å². The second-order valence-electron chi connectivity index (χ2n) is 3.49. The van der Waals surface area contributed by atoms with Crippen molar-refractivity contribution in [3.05, 3.63) is 23.3 Å². The maximum absolute atomic E-state index is 5.81. The molecule has 1 aromatic carbocycles. The van der Waals surface area contributed by atoms with Crippen molar-refractivity contribution >= 4 is 11.4 Å². The zero-order valence-electron chi connectivity index (χ0n) is 7.89. The quantitative estimate of drug-likeness (QED) is 0.626. The van der Waals surface area contributed by atoms with Gasteiger partial charge in [0.1, 0.15) is 0 Å². The van der Waals surface area contributed by atoms with Crippen LogP contribution in [0.25, 0.3) is 0 Å². The standard InChI is InChI=1S/C10H16N2/c1-6(2)8-4-7(3)9(11)5-10(8)12/h4-6H,11-12H2,1-3H3. The molecule has 0 atom stereocenters. The summed E-state index contributed by atoms with van der Waals surface area (Å²) >= 11 is 0. The third-order valence-electron chi connectivity index (χ3n) is 2.09. The molecule has 1 rings (SSSR count).